The third kappa shape index (κ3) is 2.29. The molecule has 0 unspecified atom stereocenters. The van der Waals surface area contributed by atoms with Gasteiger partial charge in [-0.15, -0.1) is 11.6 Å². The maximum atomic E-state index is 13.9. The number of nitrogens with zero attached hydrogens (tertiary/aromatic N) is 2. The molecule has 5 heteroatoms. The molecule has 0 radical (unpaired) electrons. The van der Waals surface area contributed by atoms with Crippen molar-refractivity contribution < 1.29 is 8.78 Å². The number of rotatable bonds is 2. The van der Waals surface area contributed by atoms with Gasteiger partial charge in [0.25, 0.3) is 0 Å². The van der Waals surface area contributed by atoms with E-state index in [9.17, 15) is 8.78 Å². The normalized spacial score (nSPS) is 11.3. The van der Waals surface area contributed by atoms with Crippen LogP contribution < -0.4 is 0 Å². The summed E-state index contributed by atoms with van der Waals surface area (Å²) < 4.78 is 29.1. The zero-order chi connectivity index (χ0) is 15.1. The molecule has 0 atom stereocenters. The SMILES string of the molecule is Cc1ccc(-n2c(CCl)nc3c(F)cc(F)cc32)cc1C. The van der Waals surface area contributed by atoms with Crippen molar-refractivity contribution in [1.29, 1.82) is 0 Å². The maximum absolute atomic E-state index is 13.9. The Morgan fingerprint density at radius 1 is 1.10 bits per heavy atom. The molecule has 0 fully saturated rings. The molecule has 0 aliphatic heterocycles. The highest BCUT2D eigenvalue weighted by Gasteiger charge is 2.16. The monoisotopic (exact) mass is 306 g/mol. The summed E-state index contributed by atoms with van der Waals surface area (Å²) in [5.41, 5.74) is 3.54. The van der Waals surface area contributed by atoms with Crippen LogP contribution in [0.25, 0.3) is 16.7 Å². The maximum Gasteiger partial charge on any atom is 0.153 e. The van der Waals surface area contributed by atoms with Gasteiger partial charge >= 0.3 is 0 Å². The van der Waals surface area contributed by atoms with E-state index in [1.54, 1.807) is 4.57 Å². The summed E-state index contributed by atoms with van der Waals surface area (Å²) in [6.07, 6.45) is 0. The summed E-state index contributed by atoms with van der Waals surface area (Å²) in [5.74, 6) is -0.715. The molecule has 108 valence electrons. The number of fused-ring (bicyclic) bond motifs is 1. The molecular formula is C16H13ClF2N2. The van der Waals surface area contributed by atoms with E-state index in [-0.39, 0.29) is 11.4 Å². The van der Waals surface area contributed by atoms with Gasteiger partial charge in [0.2, 0.25) is 0 Å². The number of hydrogen-bond acceptors (Lipinski definition) is 1. The van der Waals surface area contributed by atoms with Crippen LogP contribution in [0.15, 0.2) is 30.3 Å². The van der Waals surface area contributed by atoms with Crippen LogP contribution in [0.3, 0.4) is 0 Å². The summed E-state index contributed by atoms with van der Waals surface area (Å²) in [7, 11) is 0. The first-order valence-corrected chi connectivity index (χ1v) is 7.04. The molecule has 0 aliphatic rings. The lowest BCUT2D eigenvalue weighted by atomic mass is 10.1. The molecule has 0 amide bonds. The van der Waals surface area contributed by atoms with Crippen LogP contribution in [0.5, 0.6) is 0 Å². The third-order valence-electron chi connectivity index (χ3n) is 3.62. The van der Waals surface area contributed by atoms with Crippen LogP contribution >= 0.6 is 11.6 Å². The highest BCUT2D eigenvalue weighted by atomic mass is 35.5. The highest BCUT2D eigenvalue weighted by molar-refractivity contribution is 6.17. The summed E-state index contributed by atoms with van der Waals surface area (Å²) in [6, 6.07) is 7.91. The number of alkyl halides is 1. The Bertz CT molecular complexity index is 840. The lowest BCUT2D eigenvalue weighted by molar-refractivity contribution is 0.590. The molecule has 0 N–H and O–H groups in total. The number of aromatic nitrogens is 2. The van der Waals surface area contributed by atoms with Gasteiger partial charge in [-0.25, -0.2) is 13.8 Å². The van der Waals surface area contributed by atoms with Crippen molar-refractivity contribution in [1.82, 2.24) is 9.55 Å². The van der Waals surface area contributed by atoms with Gasteiger partial charge in [0.05, 0.1) is 11.4 Å². The van der Waals surface area contributed by atoms with Crippen molar-refractivity contribution in [3.05, 3.63) is 58.9 Å². The van der Waals surface area contributed by atoms with Crippen molar-refractivity contribution >= 4 is 22.6 Å². The molecular weight excluding hydrogens is 294 g/mol. The Morgan fingerprint density at radius 2 is 1.86 bits per heavy atom. The van der Waals surface area contributed by atoms with Gasteiger partial charge in [-0.2, -0.15) is 0 Å². The molecule has 3 rings (SSSR count). The molecule has 2 nitrogen and oxygen atoms in total. The topological polar surface area (TPSA) is 17.8 Å². The number of benzene rings is 2. The number of hydrogen-bond donors (Lipinski definition) is 0. The lowest BCUT2D eigenvalue weighted by Gasteiger charge is -2.10. The van der Waals surface area contributed by atoms with E-state index in [2.05, 4.69) is 4.98 Å². The minimum atomic E-state index is -0.682. The molecule has 21 heavy (non-hydrogen) atoms. The Balaban J connectivity index is 2.36. The zero-order valence-corrected chi connectivity index (χ0v) is 12.4. The molecule has 3 aromatic rings. The van der Waals surface area contributed by atoms with Gasteiger partial charge in [0.1, 0.15) is 17.2 Å². The number of aryl methyl sites for hydroxylation is 2. The first-order valence-electron chi connectivity index (χ1n) is 6.51. The Hall–Kier alpha value is -1.94. The van der Waals surface area contributed by atoms with E-state index in [1.165, 1.54) is 6.07 Å². The highest BCUT2D eigenvalue weighted by Crippen LogP contribution is 2.26. The minimum absolute atomic E-state index is 0.114. The second-order valence-corrected chi connectivity index (χ2v) is 5.29. The van der Waals surface area contributed by atoms with Gasteiger partial charge < -0.3 is 0 Å². The summed E-state index contributed by atoms with van der Waals surface area (Å²) in [5, 5.41) is 0. The molecule has 1 aromatic heterocycles. The quantitative estimate of drug-likeness (QED) is 0.630. The summed E-state index contributed by atoms with van der Waals surface area (Å²) in [4.78, 5) is 4.19. The summed E-state index contributed by atoms with van der Waals surface area (Å²) >= 11 is 5.92. The van der Waals surface area contributed by atoms with Crippen LogP contribution in [0.4, 0.5) is 8.78 Å². The van der Waals surface area contributed by atoms with E-state index in [0.717, 1.165) is 22.9 Å². The van der Waals surface area contributed by atoms with E-state index < -0.39 is 11.6 Å². The van der Waals surface area contributed by atoms with Crippen LogP contribution in [-0.4, -0.2) is 9.55 Å². The molecule has 0 spiro atoms. The smallest absolute Gasteiger partial charge is 0.153 e. The second kappa shape index (κ2) is 5.11. The van der Waals surface area contributed by atoms with Crippen molar-refractivity contribution in [3.63, 3.8) is 0 Å². The zero-order valence-electron chi connectivity index (χ0n) is 11.6. The fourth-order valence-corrected chi connectivity index (χ4v) is 2.57. The van der Waals surface area contributed by atoms with Crippen molar-refractivity contribution in [3.8, 4) is 5.69 Å². The largest absolute Gasteiger partial charge is 0.295 e. The Labute approximate surface area is 126 Å². The van der Waals surface area contributed by atoms with E-state index >= 15 is 0 Å². The van der Waals surface area contributed by atoms with Gasteiger partial charge in [-0.05, 0) is 37.1 Å². The number of imidazole rings is 1. The lowest BCUT2D eigenvalue weighted by Crippen LogP contribution is -2.00. The molecule has 0 aliphatic carbocycles. The molecule has 0 saturated carbocycles. The van der Waals surface area contributed by atoms with Crippen LogP contribution in [0, 0.1) is 25.5 Å². The first-order chi connectivity index (χ1) is 10.0. The van der Waals surface area contributed by atoms with Gasteiger partial charge in [0, 0.05) is 17.8 Å². The summed E-state index contributed by atoms with van der Waals surface area (Å²) in [6.45, 7) is 3.99. The first kappa shape index (κ1) is 14.0. The minimum Gasteiger partial charge on any atom is -0.295 e. The fraction of sp³-hybridized carbons (Fsp3) is 0.188. The van der Waals surface area contributed by atoms with Crippen LogP contribution in [0.1, 0.15) is 17.0 Å². The standard InChI is InChI=1S/C16H13ClF2N2/c1-9-3-4-12(5-10(9)2)21-14-7-11(18)6-13(19)16(14)20-15(21)8-17/h3-7H,8H2,1-2H3. The Morgan fingerprint density at radius 3 is 2.52 bits per heavy atom. The van der Waals surface area contributed by atoms with E-state index in [1.807, 2.05) is 32.0 Å². The van der Waals surface area contributed by atoms with Crippen molar-refractivity contribution in [2.75, 3.05) is 0 Å². The van der Waals surface area contributed by atoms with Gasteiger partial charge in [-0.3, -0.25) is 4.57 Å². The van der Waals surface area contributed by atoms with Gasteiger partial charge in [0.15, 0.2) is 5.82 Å². The molecule has 0 saturated heterocycles. The average Bonchev–Trinajstić information content (AvgIpc) is 2.80. The third-order valence-corrected chi connectivity index (χ3v) is 3.86. The van der Waals surface area contributed by atoms with Crippen molar-refractivity contribution in [2.24, 2.45) is 0 Å². The molecule has 1 heterocycles. The van der Waals surface area contributed by atoms with E-state index in [4.69, 9.17) is 11.6 Å². The Kier molecular flexibility index (Phi) is 3.41. The van der Waals surface area contributed by atoms with Crippen LogP contribution in [-0.2, 0) is 5.88 Å². The predicted octanol–water partition coefficient (Wildman–Crippen LogP) is 4.66. The van der Waals surface area contributed by atoms with E-state index in [0.29, 0.717) is 11.3 Å². The fourth-order valence-electron chi connectivity index (χ4n) is 2.39. The van der Waals surface area contributed by atoms with Gasteiger partial charge in [-0.1, -0.05) is 6.07 Å². The molecule has 2 aromatic carbocycles. The second-order valence-electron chi connectivity index (χ2n) is 5.02. The average molecular weight is 307 g/mol. The van der Waals surface area contributed by atoms with Crippen molar-refractivity contribution in [2.45, 2.75) is 19.7 Å². The number of halogens is 3. The van der Waals surface area contributed by atoms with Crippen LogP contribution in [0.2, 0.25) is 0 Å². The predicted molar refractivity (Wildman–Crippen MR) is 80.0 cm³/mol. The molecule has 0 bridgehead atoms.